The minimum Gasteiger partial charge on any atom is -0.508 e. The number of rotatable bonds is 0. The molecule has 2 heteroatoms. The van der Waals surface area contributed by atoms with Gasteiger partial charge in [0, 0.05) is 12.0 Å². The lowest BCUT2D eigenvalue weighted by atomic mass is 10.1. The van der Waals surface area contributed by atoms with E-state index in [1.54, 1.807) is 12.1 Å². The van der Waals surface area contributed by atoms with Gasteiger partial charge in [-0.2, -0.15) is 0 Å². The second-order valence-corrected chi connectivity index (χ2v) is 2.35. The molecular weight excluding hydrogens is 128 g/mol. The molecule has 0 aromatic heterocycles. The number of phenolic OH excluding ortho intramolecular Hbond substituents is 1. The third kappa shape index (κ3) is 0.652. The molecule has 10 heavy (non-hydrogen) atoms. The Morgan fingerprint density at radius 1 is 1.40 bits per heavy atom. The van der Waals surface area contributed by atoms with Gasteiger partial charge in [-0.25, -0.2) is 0 Å². The van der Waals surface area contributed by atoms with Gasteiger partial charge in [0.15, 0.2) is 0 Å². The van der Waals surface area contributed by atoms with Gasteiger partial charge in [-0.15, -0.1) is 0 Å². The van der Waals surface area contributed by atoms with Crippen molar-refractivity contribution in [1.29, 1.82) is 0 Å². The van der Waals surface area contributed by atoms with Crippen molar-refractivity contribution in [2.45, 2.75) is 6.42 Å². The molecule has 0 amide bonds. The highest BCUT2D eigenvalue weighted by molar-refractivity contribution is 5.45. The monoisotopic (exact) mass is 136 g/mol. The van der Waals surface area contributed by atoms with Gasteiger partial charge in [0.1, 0.15) is 11.5 Å². The van der Waals surface area contributed by atoms with Crippen LogP contribution >= 0.6 is 0 Å². The van der Waals surface area contributed by atoms with Crippen molar-refractivity contribution < 1.29 is 9.84 Å². The maximum Gasteiger partial charge on any atom is 0.126 e. The van der Waals surface area contributed by atoms with Crippen molar-refractivity contribution in [3.63, 3.8) is 0 Å². The average Bonchev–Trinajstić information content (AvgIpc) is 2.36. The van der Waals surface area contributed by atoms with E-state index in [1.807, 2.05) is 6.07 Å². The molecule has 2 rings (SSSR count). The van der Waals surface area contributed by atoms with E-state index in [1.165, 1.54) is 0 Å². The molecule has 0 spiro atoms. The van der Waals surface area contributed by atoms with Gasteiger partial charge in [-0.3, -0.25) is 0 Å². The molecule has 52 valence electrons. The van der Waals surface area contributed by atoms with Gasteiger partial charge in [-0.05, 0) is 12.1 Å². The normalized spacial score (nSPS) is 14.4. The van der Waals surface area contributed by atoms with Crippen molar-refractivity contribution in [3.05, 3.63) is 23.8 Å². The molecule has 0 saturated carbocycles. The summed E-state index contributed by atoms with van der Waals surface area (Å²) in [6.07, 6.45) is 0.835. The Morgan fingerprint density at radius 2 is 2.30 bits per heavy atom. The Kier molecular flexibility index (Phi) is 1.07. The molecule has 0 aliphatic carbocycles. The number of phenols is 1. The minimum absolute atomic E-state index is 0.356. The zero-order chi connectivity index (χ0) is 6.97. The first-order valence-electron chi connectivity index (χ1n) is 3.31. The van der Waals surface area contributed by atoms with Crippen molar-refractivity contribution in [2.75, 3.05) is 6.61 Å². The average molecular weight is 136 g/mol. The van der Waals surface area contributed by atoms with E-state index in [-0.39, 0.29) is 0 Å². The first-order valence-corrected chi connectivity index (χ1v) is 3.31. The van der Waals surface area contributed by atoms with E-state index in [2.05, 4.69) is 0 Å². The van der Waals surface area contributed by atoms with Crippen LogP contribution in [0.5, 0.6) is 11.5 Å². The molecule has 1 aromatic carbocycles. The maximum atomic E-state index is 9.25. The fraction of sp³-hybridized carbons (Fsp3) is 0.250. The number of ether oxygens (including phenoxy) is 1. The summed E-state index contributed by atoms with van der Waals surface area (Å²) in [4.78, 5) is 0. The van der Waals surface area contributed by atoms with Crippen LogP contribution < -0.4 is 4.74 Å². The Morgan fingerprint density at radius 3 is 3.10 bits per heavy atom. The number of benzene rings is 1. The summed E-state index contributed by atoms with van der Waals surface area (Å²) in [7, 11) is 0. The van der Waals surface area contributed by atoms with E-state index >= 15 is 0 Å². The topological polar surface area (TPSA) is 29.5 Å². The molecule has 0 fully saturated rings. The van der Waals surface area contributed by atoms with Gasteiger partial charge in [0.2, 0.25) is 0 Å². The quantitative estimate of drug-likeness (QED) is 0.583. The lowest BCUT2D eigenvalue weighted by Gasteiger charge is -1.98. The van der Waals surface area contributed by atoms with Crippen LogP contribution in [0.1, 0.15) is 5.56 Å². The Labute approximate surface area is 59.1 Å². The standard InChI is InChI=1S/C8H8O2/c9-7-2-1-3-8-6(7)4-5-10-8/h1-3,9H,4-5H2. The molecule has 1 heterocycles. The van der Waals surface area contributed by atoms with Crippen LogP contribution in [0.25, 0.3) is 0 Å². The van der Waals surface area contributed by atoms with E-state index in [0.29, 0.717) is 12.4 Å². The highest BCUT2D eigenvalue weighted by Gasteiger charge is 2.14. The molecule has 1 aliphatic heterocycles. The van der Waals surface area contributed by atoms with E-state index in [0.717, 1.165) is 17.7 Å². The lowest BCUT2D eigenvalue weighted by molar-refractivity contribution is 0.357. The van der Waals surface area contributed by atoms with Crippen LogP contribution in [0, 0.1) is 0 Å². The largest absolute Gasteiger partial charge is 0.508 e. The van der Waals surface area contributed by atoms with Crippen LogP contribution in [0.4, 0.5) is 0 Å². The number of fused-ring (bicyclic) bond motifs is 1. The van der Waals surface area contributed by atoms with Crippen LogP contribution in [-0.2, 0) is 6.42 Å². The van der Waals surface area contributed by atoms with Crippen molar-refractivity contribution in [2.24, 2.45) is 0 Å². The Hall–Kier alpha value is -1.18. The van der Waals surface area contributed by atoms with Crippen molar-refractivity contribution >= 4 is 0 Å². The highest BCUT2D eigenvalue weighted by Crippen LogP contribution is 2.31. The molecule has 2 nitrogen and oxygen atoms in total. The predicted octanol–water partition coefficient (Wildman–Crippen LogP) is 1.33. The first kappa shape index (κ1) is 5.59. The van der Waals surface area contributed by atoms with Gasteiger partial charge >= 0.3 is 0 Å². The van der Waals surface area contributed by atoms with Gasteiger partial charge in [0.05, 0.1) is 6.61 Å². The van der Waals surface area contributed by atoms with E-state index in [4.69, 9.17) is 4.74 Å². The summed E-state index contributed by atoms with van der Waals surface area (Å²) in [5.74, 6) is 1.19. The molecule has 0 saturated heterocycles. The number of hydrogen-bond acceptors (Lipinski definition) is 2. The van der Waals surface area contributed by atoms with E-state index < -0.39 is 0 Å². The van der Waals surface area contributed by atoms with Crippen LogP contribution in [-0.4, -0.2) is 11.7 Å². The molecule has 0 radical (unpaired) electrons. The van der Waals surface area contributed by atoms with Crippen molar-refractivity contribution in [3.8, 4) is 11.5 Å². The molecule has 1 aliphatic rings. The zero-order valence-corrected chi connectivity index (χ0v) is 5.50. The van der Waals surface area contributed by atoms with Gasteiger partial charge in [0.25, 0.3) is 0 Å². The number of hydrogen-bond donors (Lipinski definition) is 1. The van der Waals surface area contributed by atoms with Crippen LogP contribution in [0.15, 0.2) is 18.2 Å². The summed E-state index contributed by atoms with van der Waals surface area (Å²) in [5.41, 5.74) is 0.947. The second kappa shape index (κ2) is 1.90. The molecule has 0 bridgehead atoms. The molecule has 0 unspecified atom stereocenters. The molecule has 0 atom stereocenters. The summed E-state index contributed by atoms with van der Waals surface area (Å²) in [6.45, 7) is 0.701. The lowest BCUT2D eigenvalue weighted by Crippen LogP contribution is -1.85. The summed E-state index contributed by atoms with van der Waals surface area (Å²) in [6, 6.07) is 5.36. The summed E-state index contributed by atoms with van der Waals surface area (Å²) < 4.78 is 5.22. The first-order chi connectivity index (χ1) is 4.88. The highest BCUT2D eigenvalue weighted by atomic mass is 16.5. The SMILES string of the molecule is Oc1cccc2c1CCO2. The Bertz CT molecular complexity index is 255. The van der Waals surface area contributed by atoms with Gasteiger partial charge < -0.3 is 9.84 Å². The zero-order valence-electron chi connectivity index (χ0n) is 5.50. The van der Waals surface area contributed by atoms with Gasteiger partial charge in [-0.1, -0.05) is 6.07 Å². The summed E-state index contributed by atoms with van der Waals surface area (Å²) >= 11 is 0. The minimum atomic E-state index is 0.356. The molecule has 1 N–H and O–H groups in total. The maximum absolute atomic E-state index is 9.25. The predicted molar refractivity (Wildman–Crippen MR) is 37.3 cm³/mol. The third-order valence-corrected chi connectivity index (χ3v) is 1.72. The Balaban J connectivity index is 2.59. The van der Waals surface area contributed by atoms with Crippen molar-refractivity contribution in [1.82, 2.24) is 0 Å². The van der Waals surface area contributed by atoms with Crippen LogP contribution in [0.2, 0.25) is 0 Å². The molecule has 1 aromatic rings. The second-order valence-electron chi connectivity index (χ2n) is 2.35. The van der Waals surface area contributed by atoms with Crippen LogP contribution in [0.3, 0.4) is 0 Å². The van der Waals surface area contributed by atoms with E-state index in [9.17, 15) is 5.11 Å². The fourth-order valence-electron chi connectivity index (χ4n) is 1.20. The third-order valence-electron chi connectivity index (χ3n) is 1.72. The molecular formula is C8H8O2. The summed E-state index contributed by atoms with van der Waals surface area (Å²) in [5, 5.41) is 9.25. The number of aromatic hydroxyl groups is 1. The fourth-order valence-corrected chi connectivity index (χ4v) is 1.20. The smallest absolute Gasteiger partial charge is 0.126 e.